The van der Waals surface area contributed by atoms with E-state index in [2.05, 4.69) is 50.9 Å². The highest BCUT2D eigenvalue weighted by atomic mass is 79.9. The van der Waals surface area contributed by atoms with Gasteiger partial charge in [-0.05, 0) is 29.1 Å². The van der Waals surface area contributed by atoms with E-state index in [1.54, 1.807) is 11.3 Å². The second-order valence-corrected chi connectivity index (χ2v) is 6.28. The molecule has 0 unspecified atom stereocenters. The quantitative estimate of drug-likeness (QED) is 0.925. The number of fused-ring (bicyclic) bond motifs is 1. The van der Waals surface area contributed by atoms with E-state index in [4.69, 9.17) is 4.74 Å². The van der Waals surface area contributed by atoms with Gasteiger partial charge in [-0.25, -0.2) is 0 Å². The minimum atomic E-state index is 0.809. The number of ether oxygens (including phenoxy) is 1. The van der Waals surface area contributed by atoms with Crippen molar-refractivity contribution in [3.8, 4) is 5.75 Å². The normalized spacial score (nSPS) is 13.4. The molecule has 0 spiro atoms. The number of nitrogens with one attached hydrogen (secondary N) is 1. The lowest BCUT2D eigenvalue weighted by Gasteiger charge is -2.09. The highest BCUT2D eigenvalue weighted by Crippen LogP contribution is 2.32. The molecule has 94 valence electrons. The minimum Gasteiger partial charge on any atom is -0.493 e. The molecule has 0 fully saturated rings. The monoisotopic (exact) mass is 323 g/mol. The van der Waals surface area contributed by atoms with Gasteiger partial charge < -0.3 is 10.1 Å². The summed E-state index contributed by atoms with van der Waals surface area (Å²) < 4.78 is 6.85. The van der Waals surface area contributed by atoms with Crippen molar-refractivity contribution in [3.63, 3.8) is 0 Å². The maximum Gasteiger partial charge on any atom is 0.127 e. The van der Waals surface area contributed by atoms with Crippen molar-refractivity contribution in [1.29, 1.82) is 0 Å². The zero-order valence-electron chi connectivity index (χ0n) is 9.91. The lowest BCUT2D eigenvalue weighted by molar-refractivity contribution is 0.352. The third-order valence-electron chi connectivity index (χ3n) is 3.02. The van der Waals surface area contributed by atoms with Crippen molar-refractivity contribution in [3.05, 3.63) is 50.1 Å². The molecule has 0 atom stereocenters. The Morgan fingerprint density at radius 3 is 3.11 bits per heavy atom. The van der Waals surface area contributed by atoms with Crippen LogP contribution in [0.3, 0.4) is 0 Å². The van der Waals surface area contributed by atoms with Crippen molar-refractivity contribution in [2.75, 3.05) is 6.61 Å². The fourth-order valence-corrected chi connectivity index (χ4v) is 3.44. The molecule has 0 bridgehead atoms. The molecule has 0 saturated heterocycles. The second-order valence-electron chi connectivity index (χ2n) is 4.33. The molecule has 1 aliphatic heterocycles. The highest BCUT2D eigenvalue weighted by Gasteiger charge is 2.16. The third-order valence-corrected chi connectivity index (χ3v) is 4.35. The molecule has 1 aromatic carbocycles. The van der Waals surface area contributed by atoms with E-state index in [1.807, 2.05) is 0 Å². The Labute approximate surface area is 119 Å². The summed E-state index contributed by atoms with van der Waals surface area (Å²) in [7, 11) is 0. The number of rotatable bonds is 4. The number of benzene rings is 1. The Morgan fingerprint density at radius 2 is 2.28 bits per heavy atom. The molecule has 2 aromatic rings. The van der Waals surface area contributed by atoms with Crippen LogP contribution in [-0.2, 0) is 19.5 Å². The summed E-state index contributed by atoms with van der Waals surface area (Å²) in [6, 6.07) is 8.54. The molecular weight excluding hydrogens is 310 g/mol. The predicted molar refractivity (Wildman–Crippen MR) is 78.2 cm³/mol. The van der Waals surface area contributed by atoms with Crippen LogP contribution < -0.4 is 10.1 Å². The molecule has 2 heterocycles. The predicted octanol–water partition coefficient (Wildman–Crippen LogP) is 3.74. The molecule has 0 aliphatic carbocycles. The summed E-state index contributed by atoms with van der Waals surface area (Å²) in [5.74, 6) is 1.08. The molecule has 1 aliphatic rings. The highest BCUT2D eigenvalue weighted by molar-refractivity contribution is 9.10. The smallest absolute Gasteiger partial charge is 0.127 e. The van der Waals surface area contributed by atoms with Crippen LogP contribution in [-0.4, -0.2) is 6.61 Å². The van der Waals surface area contributed by atoms with E-state index in [0.717, 1.165) is 36.3 Å². The second kappa shape index (κ2) is 5.43. The van der Waals surface area contributed by atoms with Gasteiger partial charge in [0.2, 0.25) is 0 Å². The summed E-state index contributed by atoms with van der Waals surface area (Å²) >= 11 is 5.35. The van der Waals surface area contributed by atoms with Crippen LogP contribution in [0.15, 0.2) is 34.1 Å². The fraction of sp³-hybridized carbons (Fsp3) is 0.286. The molecular formula is C14H14BrNOS. The molecule has 0 amide bonds. The van der Waals surface area contributed by atoms with Crippen LogP contribution in [0.25, 0.3) is 0 Å². The van der Waals surface area contributed by atoms with E-state index in [0.29, 0.717) is 0 Å². The molecule has 4 heteroatoms. The average Bonchev–Trinajstić information content (AvgIpc) is 2.98. The number of hydrogen-bond donors (Lipinski definition) is 1. The summed E-state index contributed by atoms with van der Waals surface area (Å²) in [6.45, 7) is 2.57. The topological polar surface area (TPSA) is 21.3 Å². The Balaban J connectivity index is 1.69. The van der Waals surface area contributed by atoms with Gasteiger partial charge in [0.05, 0.1) is 6.61 Å². The molecule has 18 heavy (non-hydrogen) atoms. The Morgan fingerprint density at radius 1 is 1.33 bits per heavy atom. The molecule has 2 nitrogen and oxygen atoms in total. The summed E-state index contributed by atoms with van der Waals surface area (Å²) in [5, 5.41) is 5.58. The summed E-state index contributed by atoms with van der Waals surface area (Å²) in [5.41, 5.74) is 2.56. The average molecular weight is 324 g/mol. The van der Waals surface area contributed by atoms with Crippen LogP contribution in [0, 0.1) is 0 Å². The summed E-state index contributed by atoms with van der Waals surface area (Å²) in [4.78, 5) is 1.36. The molecule has 1 aromatic heterocycles. The van der Waals surface area contributed by atoms with Crippen molar-refractivity contribution >= 4 is 27.3 Å². The number of hydrogen-bond acceptors (Lipinski definition) is 3. The van der Waals surface area contributed by atoms with Crippen LogP contribution in [0.2, 0.25) is 0 Å². The van der Waals surface area contributed by atoms with Crippen molar-refractivity contribution in [2.24, 2.45) is 0 Å². The lowest BCUT2D eigenvalue weighted by Crippen LogP contribution is -2.12. The largest absolute Gasteiger partial charge is 0.493 e. The zero-order chi connectivity index (χ0) is 12.4. The first-order valence-corrected chi connectivity index (χ1v) is 7.67. The van der Waals surface area contributed by atoms with E-state index in [9.17, 15) is 0 Å². The zero-order valence-corrected chi connectivity index (χ0v) is 12.3. The van der Waals surface area contributed by atoms with E-state index < -0.39 is 0 Å². The van der Waals surface area contributed by atoms with Gasteiger partial charge in [0.15, 0.2) is 0 Å². The lowest BCUT2D eigenvalue weighted by atomic mass is 10.1. The van der Waals surface area contributed by atoms with E-state index in [-0.39, 0.29) is 0 Å². The Kier molecular flexibility index (Phi) is 3.68. The minimum absolute atomic E-state index is 0.809. The maximum atomic E-state index is 5.71. The number of halogens is 1. The molecule has 3 rings (SSSR count). The maximum absolute atomic E-state index is 5.71. The first-order chi connectivity index (χ1) is 8.83. The van der Waals surface area contributed by atoms with Gasteiger partial charge >= 0.3 is 0 Å². The van der Waals surface area contributed by atoms with Gasteiger partial charge in [0, 0.05) is 34.4 Å². The summed E-state index contributed by atoms with van der Waals surface area (Å²) in [6.07, 6.45) is 1.02. The fourth-order valence-electron chi connectivity index (χ4n) is 2.21. The van der Waals surface area contributed by atoms with Crippen LogP contribution in [0.5, 0.6) is 5.75 Å². The number of thiophene rings is 1. The Hall–Kier alpha value is -0.840. The van der Waals surface area contributed by atoms with Crippen molar-refractivity contribution in [2.45, 2.75) is 19.5 Å². The first kappa shape index (κ1) is 12.2. The van der Waals surface area contributed by atoms with Crippen molar-refractivity contribution < 1.29 is 4.74 Å². The van der Waals surface area contributed by atoms with Crippen molar-refractivity contribution in [1.82, 2.24) is 5.32 Å². The van der Waals surface area contributed by atoms with Gasteiger partial charge in [-0.2, -0.15) is 0 Å². The van der Waals surface area contributed by atoms with Gasteiger partial charge in [-0.1, -0.05) is 22.0 Å². The van der Waals surface area contributed by atoms with Gasteiger partial charge in [0.1, 0.15) is 5.75 Å². The van der Waals surface area contributed by atoms with Gasteiger partial charge in [0.25, 0.3) is 0 Å². The van der Waals surface area contributed by atoms with Gasteiger partial charge in [-0.15, -0.1) is 11.3 Å². The molecule has 0 radical (unpaired) electrons. The third kappa shape index (κ3) is 2.60. The van der Waals surface area contributed by atoms with Crippen LogP contribution in [0.1, 0.15) is 16.0 Å². The standard InChI is InChI=1S/C14H14BrNOS/c15-12-6-10-3-4-17-14(10)11(7-12)8-16-9-13-2-1-5-18-13/h1-2,5-7,16H,3-4,8-9H2. The molecule has 0 saturated carbocycles. The van der Waals surface area contributed by atoms with Crippen LogP contribution >= 0.6 is 27.3 Å². The van der Waals surface area contributed by atoms with Crippen LogP contribution in [0.4, 0.5) is 0 Å². The van der Waals surface area contributed by atoms with E-state index >= 15 is 0 Å². The SMILES string of the molecule is Brc1cc2c(c(CNCc3cccs3)c1)OCC2. The van der Waals surface area contributed by atoms with Gasteiger partial charge in [-0.3, -0.25) is 0 Å². The Bertz CT molecular complexity index is 539. The first-order valence-electron chi connectivity index (χ1n) is 6.00. The molecule has 1 N–H and O–H groups in total. The van der Waals surface area contributed by atoms with E-state index in [1.165, 1.54) is 16.0 Å².